The summed E-state index contributed by atoms with van der Waals surface area (Å²) < 4.78 is 1.48. The van der Waals surface area contributed by atoms with E-state index in [9.17, 15) is 4.79 Å². The fraction of sp³-hybridized carbons (Fsp3) is 0.636. The van der Waals surface area contributed by atoms with Crippen LogP contribution in [0.15, 0.2) is 6.20 Å². The zero-order valence-electron chi connectivity index (χ0n) is 10.4. The minimum absolute atomic E-state index is 0.111. The van der Waals surface area contributed by atoms with E-state index >= 15 is 0 Å². The molecule has 0 aromatic carbocycles. The molecule has 0 bridgehead atoms. The second-order valence-electron chi connectivity index (χ2n) is 4.08. The number of amides is 1. The molecule has 0 aliphatic heterocycles. The Morgan fingerprint density at radius 3 is 2.76 bits per heavy atom. The van der Waals surface area contributed by atoms with E-state index in [0.717, 1.165) is 19.3 Å². The third-order valence-electron chi connectivity index (χ3n) is 2.71. The maximum Gasteiger partial charge on any atom is 0.258 e. The highest BCUT2D eigenvalue weighted by molar-refractivity contribution is 5.98. The predicted octanol–water partition coefficient (Wildman–Crippen LogP) is 0.237. The number of hydrogen-bond donors (Lipinski definition) is 2. The van der Waals surface area contributed by atoms with Crippen molar-refractivity contribution >= 4 is 11.7 Å². The normalized spacial score (nSPS) is 10.5. The minimum Gasteiger partial charge on any atom is -0.396 e. The molecular formula is C11H20N4O2. The number of anilines is 1. The lowest BCUT2D eigenvalue weighted by atomic mass is 10.2. The van der Waals surface area contributed by atoms with Gasteiger partial charge in [-0.25, -0.2) is 0 Å². The first-order valence-corrected chi connectivity index (χ1v) is 5.71. The first-order chi connectivity index (χ1) is 8.07. The molecule has 1 heterocycles. The standard InChI is InChI=1S/C11H20N4O2/c1-14(6-4-3-5-7-16)11(17)9-8-13-15(2)10(9)12/h8,16H,3-7,12H2,1-2H3. The molecule has 0 unspecified atom stereocenters. The van der Waals surface area contributed by atoms with Crippen LogP contribution in [0.1, 0.15) is 29.6 Å². The van der Waals surface area contributed by atoms with Gasteiger partial charge in [0.05, 0.1) is 6.20 Å². The fourth-order valence-electron chi connectivity index (χ4n) is 1.56. The van der Waals surface area contributed by atoms with Gasteiger partial charge >= 0.3 is 0 Å². The number of carbonyl (C=O) groups is 1. The summed E-state index contributed by atoms with van der Waals surface area (Å²) in [5.41, 5.74) is 6.18. The Kier molecular flexibility index (Phi) is 4.96. The maximum absolute atomic E-state index is 12.0. The van der Waals surface area contributed by atoms with Crippen molar-refractivity contribution in [3.05, 3.63) is 11.8 Å². The molecule has 1 aromatic heterocycles. The van der Waals surface area contributed by atoms with Crippen LogP contribution in [0.5, 0.6) is 0 Å². The molecule has 0 aliphatic carbocycles. The summed E-state index contributed by atoms with van der Waals surface area (Å²) in [6.45, 7) is 0.861. The summed E-state index contributed by atoms with van der Waals surface area (Å²) in [6, 6.07) is 0. The van der Waals surface area contributed by atoms with Gasteiger partial charge in [-0.05, 0) is 19.3 Å². The minimum atomic E-state index is -0.111. The van der Waals surface area contributed by atoms with Crippen LogP contribution in [0.25, 0.3) is 0 Å². The van der Waals surface area contributed by atoms with E-state index in [0.29, 0.717) is 17.9 Å². The SMILES string of the molecule is CN(CCCCCO)C(=O)c1cnn(C)c1N. The number of aromatic nitrogens is 2. The van der Waals surface area contributed by atoms with Gasteiger partial charge in [0.15, 0.2) is 0 Å². The number of unbranched alkanes of at least 4 members (excludes halogenated alkanes) is 2. The van der Waals surface area contributed by atoms with E-state index in [1.807, 2.05) is 0 Å². The number of nitrogen functional groups attached to an aromatic ring is 1. The van der Waals surface area contributed by atoms with Crippen LogP contribution in [0.3, 0.4) is 0 Å². The number of aliphatic hydroxyl groups excluding tert-OH is 1. The molecule has 0 atom stereocenters. The molecule has 1 rings (SSSR count). The lowest BCUT2D eigenvalue weighted by Crippen LogP contribution is -2.28. The van der Waals surface area contributed by atoms with Crippen molar-refractivity contribution in [1.29, 1.82) is 0 Å². The van der Waals surface area contributed by atoms with Gasteiger partial charge in [0.1, 0.15) is 11.4 Å². The van der Waals surface area contributed by atoms with Crippen molar-refractivity contribution in [1.82, 2.24) is 14.7 Å². The van der Waals surface area contributed by atoms with Gasteiger partial charge in [-0.2, -0.15) is 5.10 Å². The van der Waals surface area contributed by atoms with Crippen LogP contribution in [0, 0.1) is 0 Å². The molecule has 3 N–H and O–H groups in total. The summed E-state index contributed by atoms with van der Waals surface area (Å²) in [4.78, 5) is 13.6. The van der Waals surface area contributed by atoms with Gasteiger partial charge in [0, 0.05) is 27.2 Å². The van der Waals surface area contributed by atoms with Gasteiger partial charge in [-0.15, -0.1) is 0 Å². The quantitative estimate of drug-likeness (QED) is 0.697. The summed E-state index contributed by atoms with van der Waals surface area (Å²) in [7, 11) is 3.45. The van der Waals surface area contributed by atoms with Crippen LogP contribution >= 0.6 is 0 Å². The lowest BCUT2D eigenvalue weighted by molar-refractivity contribution is 0.0793. The number of aliphatic hydroxyl groups is 1. The highest BCUT2D eigenvalue weighted by Gasteiger charge is 2.17. The Balaban J connectivity index is 2.49. The number of nitrogens with zero attached hydrogens (tertiary/aromatic N) is 3. The third-order valence-corrected chi connectivity index (χ3v) is 2.71. The zero-order chi connectivity index (χ0) is 12.8. The van der Waals surface area contributed by atoms with Crippen molar-refractivity contribution in [2.45, 2.75) is 19.3 Å². The molecule has 0 saturated heterocycles. The van der Waals surface area contributed by atoms with Crippen LogP contribution < -0.4 is 5.73 Å². The average molecular weight is 240 g/mol. The molecule has 6 nitrogen and oxygen atoms in total. The second-order valence-corrected chi connectivity index (χ2v) is 4.08. The molecule has 0 saturated carbocycles. The molecular weight excluding hydrogens is 220 g/mol. The Hall–Kier alpha value is -1.56. The monoisotopic (exact) mass is 240 g/mol. The summed E-state index contributed by atoms with van der Waals surface area (Å²) in [6.07, 6.45) is 4.05. The van der Waals surface area contributed by atoms with E-state index in [1.165, 1.54) is 10.9 Å². The number of nitrogens with two attached hydrogens (primary N) is 1. The Bertz CT molecular complexity index is 376. The highest BCUT2D eigenvalue weighted by atomic mass is 16.2. The number of carbonyl (C=O) groups excluding carboxylic acids is 1. The molecule has 0 aliphatic rings. The Labute approximate surface area is 101 Å². The van der Waals surface area contributed by atoms with Crippen molar-refractivity contribution in [2.24, 2.45) is 7.05 Å². The second kappa shape index (κ2) is 6.24. The van der Waals surface area contributed by atoms with E-state index in [2.05, 4.69) is 5.10 Å². The van der Waals surface area contributed by atoms with Crippen LogP contribution in [-0.2, 0) is 7.05 Å². The summed E-state index contributed by atoms with van der Waals surface area (Å²) in [5.74, 6) is 0.275. The molecule has 1 amide bonds. The number of aryl methyl sites for hydroxylation is 1. The largest absolute Gasteiger partial charge is 0.396 e. The molecule has 0 fully saturated rings. The van der Waals surface area contributed by atoms with E-state index in [1.54, 1.807) is 19.0 Å². The van der Waals surface area contributed by atoms with Crippen molar-refractivity contribution in [3.63, 3.8) is 0 Å². The van der Waals surface area contributed by atoms with Gasteiger partial charge in [0.25, 0.3) is 5.91 Å². The third kappa shape index (κ3) is 3.45. The van der Waals surface area contributed by atoms with Crippen LogP contribution in [0.2, 0.25) is 0 Å². The number of hydrogen-bond acceptors (Lipinski definition) is 4. The molecule has 1 aromatic rings. The first-order valence-electron chi connectivity index (χ1n) is 5.71. The molecule has 17 heavy (non-hydrogen) atoms. The van der Waals surface area contributed by atoms with Crippen molar-refractivity contribution in [2.75, 3.05) is 25.9 Å². The first kappa shape index (κ1) is 13.5. The van der Waals surface area contributed by atoms with E-state index in [-0.39, 0.29) is 12.5 Å². The van der Waals surface area contributed by atoms with Crippen LogP contribution in [-0.4, -0.2) is 45.9 Å². The van der Waals surface area contributed by atoms with Gasteiger partial charge in [0.2, 0.25) is 0 Å². The number of rotatable bonds is 6. The Morgan fingerprint density at radius 1 is 1.53 bits per heavy atom. The van der Waals surface area contributed by atoms with Gasteiger partial charge in [-0.3, -0.25) is 9.48 Å². The molecule has 96 valence electrons. The van der Waals surface area contributed by atoms with Crippen molar-refractivity contribution < 1.29 is 9.90 Å². The van der Waals surface area contributed by atoms with Crippen LogP contribution in [0.4, 0.5) is 5.82 Å². The topological polar surface area (TPSA) is 84.4 Å². The summed E-state index contributed by atoms with van der Waals surface area (Å²) >= 11 is 0. The summed E-state index contributed by atoms with van der Waals surface area (Å²) in [5, 5.41) is 12.6. The predicted molar refractivity (Wildman–Crippen MR) is 65.5 cm³/mol. The lowest BCUT2D eigenvalue weighted by Gasteiger charge is -2.16. The van der Waals surface area contributed by atoms with Gasteiger partial charge < -0.3 is 15.7 Å². The molecule has 6 heteroatoms. The highest BCUT2D eigenvalue weighted by Crippen LogP contribution is 2.12. The zero-order valence-corrected chi connectivity index (χ0v) is 10.4. The molecule has 0 spiro atoms. The maximum atomic E-state index is 12.0. The van der Waals surface area contributed by atoms with E-state index in [4.69, 9.17) is 10.8 Å². The Morgan fingerprint density at radius 2 is 2.24 bits per heavy atom. The average Bonchev–Trinajstić information content (AvgIpc) is 2.64. The fourth-order valence-corrected chi connectivity index (χ4v) is 1.56. The van der Waals surface area contributed by atoms with E-state index < -0.39 is 0 Å². The smallest absolute Gasteiger partial charge is 0.258 e. The van der Waals surface area contributed by atoms with Crippen molar-refractivity contribution in [3.8, 4) is 0 Å². The molecule has 0 radical (unpaired) electrons. The van der Waals surface area contributed by atoms with Gasteiger partial charge in [-0.1, -0.05) is 0 Å².